The molecular weight excluding hydrogens is 332 g/mol. The summed E-state index contributed by atoms with van der Waals surface area (Å²) in [4.78, 5) is 26.2. The molecule has 0 aromatic heterocycles. The highest BCUT2D eigenvalue weighted by molar-refractivity contribution is 7.58. The molecule has 0 heterocycles. The fourth-order valence-corrected chi connectivity index (χ4v) is 5.77. The van der Waals surface area contributed by atoms with Gasteiger partial charge in [0.15, 0.2) is 5.78 Å². The number of likely N-dealkylation sites (N-methyl/N-ethyl adjacent to an activating group) is 1. The summed E-state index contributed by atoms with van der Waals surface area (Å²) in [5, 5.41) is 0. The fraction of sp³-hybridized carbons (Fsp3) is 0.909. The van der Waals surface area contributed by atoms with Crippen molar-refractivity contribution in [3.63, 3.8) is 0 Å². The van der Waals surface area contributed by atoms with Crippen LogP contribution in [0.4, 0.5) is 0 Å². The number of nitrogens with zero attached hydrogens (tertiary/aromatic N) is 3. The number of rotatable bonds is 10. The third-order valence-corrected chi connectivity index (χ3v) is 6.50. The van der Waals surface area contributed by atoms with Gasteiger partial charge in [-0.1, -0.05) is 0 Å². The monoisotopic (exact) mass is 359 g/mol. The zero-order valence-corrected chi connectivity index (χ0v) is 15.7. The quantitative estimate of drug-likeness (QED) is 0.340. The Morgan fingerprint density at radius 2 is 1.55 bits per heavy atom. The standard InChI is InChI=1S/C11H27N3O6P2/c1-7-19-22(18,20-8-2)10(12-9-13(3)4)11(14(5)6)21(15,16)17/h9-11H,7-8H2,1-6H3,(H2,15,16,17). The van der Waals surface area contributed by atoms with Crippen LogP contribution in [0.5, 0.6) is 0 Å². The predicted molar refractivity (Wildman–Crippen MR) is 86.3 cm³/mol. The number of aliphatic imine (C=N–C) groups is 1. The predicted octanol–water partition coefficient (Wildman–Crippen LogP) is 1.23. The molecule has 0 aromatic carbocycles. The summed E-state index contributed by atoms with van der Waals surface area (Å²) in [5.41, 5.74) is 0. The van der Waals surface area contributed by atoms with Gasteiger partial charge in [0, 0.05) is 14.1 Å². The minimum absolute atomic E-state index is 0.0760. The highest BCUT2D eigenvalue weighted by atomic mass is 31.2. The lowest BCUT2D eigenvalue weighted by Gasteiger charge is -2.33. The van der Waals surface area contributed by atoms with Crippen LogP contribution in [-0.4, -0.2) is 78.9 Å². The van der Waals surface area contributed by atoms with Gasteiger partial charge in [-0.05, 0) is 27.9 Å². The van der Waals surface area contributed by atoms with Crippen molar-refractivity contribution in [2.24, 2.45) is 4.99 Å². The van der Waals surface area contributed by atoms with Crippen molar-refractivity contribution >= 4 is 21.5 Å². The van der Waals surface area contributed by atoms with Crippen molar-refractivity contribution in [3.05, 3.63) is 0 Å². The van der Waals surface area contributed by atoms with Crippen LogP contribution in [0.1, 0.15) is 13.8 Å². The molecule has 0 saturated heterocycles. The van der Waals surface area contributed by atoms with Crippen molar-refractivity contribution in [1.29, 1.82) is 0 Å². The number of hydrogen-bond donors (Lipinski definition) is 2. The summed E-state index contributed by atoms with van der Waals surface area (Å²) in [7, 11) is -2.15. The average Bonchev–Trinajstić information content (AvgIpc) is 2.32. The molecule has 0 aromatic rings. The van der Waals surface area contributed by atoms with Gasteiger partial charge in [-0.25, -0.2) is 0 Å². The van der Waals surface area contributed by atoms with E-state index in [0.717, 1.165) is 0 Å². The molecule has 0 aliphatic carbocycles. The van der Waals surface area contributed by atoms with Crippen LogP contribution >= 0.6 is 15.2 Å². The molecule has 0 amide bonds. The first kappa shape index (κ1) is 21.7. The summed E-state index contributed by atoms with van der Waals surface area (Å²) in [5.74, 6) is -2.77. The Bertz CT molecular complexity index is 441. The smallest absolute Gasteiger partial charge is 0.357 e. The van der Waals surface area contributed by atoms with E-state index in [-0.39, 0.29) is 13.2 Å². The molecule has 0 fully saturated rings. The first-order valence-electron chi connectivity index (χ1n) is 6.79. The third kappa shape index (κ3) is 6.46. The lowest BCUT2D eigenvalue weighted by atomic mass is 10.6. The van der Waals surface area contributed by atoms with Crippen LogP contribution in [0, 0.1) is 0 Å². The zero-order valence-electron chi connectivity index (χ0n) is 13.9. The second kappa shape index (κ2) is 9.13. The van der Waals surface area contributed by atoms with Crippen LogP contribution in [0.15, 0.2) is 4.99 Å². The van der Waals surface area contributed by atoms with Gasteiger partial charge < -0.3 is 23.7 Å². The molecule has 0 radical (unpaired) electrons. The van der Waals surface area contributed by atoms with E-state index in [1.807, 2.05) is 0 Å². The van der Waals surface area contributed by atoms with Crippen LogP contribution in [-0.2, 0) is 18.2 Å². The molecule has 0 saturated carbocycles. The van der Waals surface area contributed by atoms with Gasteiger partial charge in [-0.2, -0.15) is 0 Å². The minimum atomic E-state index is -4.63. The maximum Gasteiger partial charge on any atom is 0.357 e. The molecule has 2 N–H and O–H groups in total. The second-order valence-electron chi connectivity index (χ2n) is 4.98. The highest BCUT2D eigenvalue weighted by Crippen LogP contribution is 2.61. The van der Waals surface area contributed by atoms with E-state index in [2.05, 4.69) is 4.99 Å². The normalized spacial score (nSPS) is 16.2. The number of hydrogen-bond acceptors (Lipinski definition) is 6. The topological polar surface area (TPSA) is 112 Å². The Labute approximate surface area is 132 Å². The summed E-state index contributed by atoms with van der Waals surface area (Å²) in [6, 6.07) is 0. The van der Waals surface area contributed by atoms with Crippen LogP contribution in [0.25, 0.3) is 0 Å². The van der Waals surface area contributed by atoms with Gasteiger partial charge in [0.05, 0.1) is 19.6 Å². The van der Waals surface area contributed by atoms with E-state index in [0.29, 0.717) is 0 Å². The first-order chi connectivity index (χ1) is 9.99. The van der Waals surface area contributed by atoms with E-state index in [9.17, 15) is 18.9 Å². The van der Waals surface area contributed by atoms with Crippen LogP contribution in [0.3, 0.4) is 0 Å². The molecule has 0 rings (SSSR count). The van der Waals surface area contributed by atoms with Gasteiger partial charge in [0.1, 0.15) is 5.78 Å². The van der Waals surface area contributed by atoms with Gasteiger partial charge in [0.25, 0.3) is 0 Å². The minimum Gasteiger partial charge on any atom is -0.369 e. The Balaban J connectivity index is 5.98. The molecule has 22 heavy (non-hydrogen) atoms. The maximum absolute atomic E-state index is 13.0. The van der Waals surface area contributed by atoms with Gasteiger partial charge in [-0.15, -0.1) is 0 Å². The Morgan fingerprint density at radius 3 is 1.82 bits per heavy atom. The second-order valence-corrected chi connectivity index (χ2v) is 8.82. The van der Waals surface area contributed by atoms with Crippen molar-refractivity contribution in [2.45, 2.75) is 25.4 Å². The van der Waals surface area contributed by atoms with Crippen LogP contribution in [0.2, 0.25) is 0 Å². The summed E-state index contributed by atoms with van der Waals surface area (Å²) >= 11 is 0. The van der Waals surface area contributed by atoms with E-state index in [1.54, 1.807) is 32.8 Å². The fourth-order valence-electron chi connectivity index (χ4n) is 1.81. The Kier molecular flexibility index (Phi) is 9.02. The molecule has 2 atom stereocenters. The van der Waals surface area contributed by atoms with Gasteiger partial charge >= 0.3 is 15.2 Å². The average molecular weight is 359 g/mol. The van der Waals surface area contributed by atoms with Gasteiger partial charge in [0.2, 0.25) is 0 Å². The zero-order chi connectivity index (χ0) is 17.6. The highest BCUT2D eigenvalue weighted by Gasteiger charge is 2.49. The molecule has 2 unspecified atom stereocenters. The van der Waals surface area contributed by atoms with E-state index < -0.39 is 26.8 Å². The molecule has 132 valence electrons. The van der Waals surface area contributed by atoms with E-state index in [4.69, 9.17) is 9.05 Å². The third-order valence-electron chi connectivity index (χ3n) is 2.53. The SMILES string of the molecule is CCOP(=O)(OCC)C(N=CN(C)C)C(N(C)C)P(=O)(O)O. The summed E-state index contributed by atoms with van der Waals surface area (Å²) < 4.78 is 35.3. The van der Waals surface area contributed by atoms with E-state index >= 15 is 0 Å². The maximum atomic E-state index is 13.0. The molecule has 0 aliphatic heterocycles. The van der Waals surface area contributed by atoms with Crippen molar-refractivity contribution in [2.75, 3.05) is 41.4 Å². The van der Waals surface area contributed by atoms with Crippen molar-refractivity contribution < 1.29 is 28.0 Å². The molecule has 0 spiro atoms. The lowest BCUT2D eigenvalue weighted by molar-refractivity contribution is 0.195. The lowest BCUT2D eigenvalue weighted by Crippen LogP contribution is -2.39. The molecular formula is C11H27N3O6P2. The van der Waals surface area contributed by atoms with Crippen LogP contribution < -0.4 is 0 Å². The van der Waals surface area contributed by atoms with Crippen molar-refractivity contribution in [1.82, 2.24) is 9.80 Å². The summed E-state index contributed by atoms with van der Waals surface area (Å²) in [6.07, 6.45) is 1.33. The molecule has 9 nitrogen and oxygen atoms in total. The van der Waals surface area contributed by atoms with Crippen molar-refractivity contribution in [3.8, 4) is 0 Å². The largest absolute Gasteiger partial charge is 0.369 e. The molecule has 0 bridgehead atoms. The Hall–Kier alpha value is -0.270. The van der Waals surface area contributed by atoms with E-state index in [1.165, 1.54) is 25.3 Å². The first-order valence-corrected chi connectivity index (χ1v) is 10.1. The molecule has 11 heteroatoms. The summed E-state index contributed by atoms with van der Waals surface area (Å²) in [6.45, 7) is 3.40. The molecule has 0 aliphatic rings. The Morgan fingerprint density at radius 1 is 1.09 bits per heavy atom. The van der Waals surface area contributed by atoms with Gasteiger partial charge in [-0.3, -0.25) is 19.0 Å².